The van der Waals surface area contributed by atoms with E-state index in [0.717, 1.165) is 10.9 Å². The zero-order valence-corrected chi connectivity index (χ0v) is 16.4. The number of hydrazine groups is 1. The predicted molar refractivity (Wildman–Crippen MR) is 111 cm³/mol. The Morgan fingerprint density at radius 3 is 2.25 bits per heavy atom. The summed E-state index contributed by atoms with van der Waals surface area (Å²) in [4.78, 5) is 15.4. The molecule has 3 aromatic rings. The molecule has 2 aromatic carbocycles. The summed E-state index contributed by atoms with van der Waals surface area (Å²) in [5.41, 5.74) is 7.12. The molecule has 0 aliphatic carbocycles. The molecule has 0 bridgehead atoms. The summed E-state index contributed by atoms with van der Waals surface area (Å²) in [5, 5.41) is 4.10. The van der Waals surface area contributed by atoms with Crippen molar-refractivity contribution in [2.45, 2.75) is 0 Å². The lowest BCUT2D eigenvalue weighted by atomic mass is 10.2. The number of rotatable bonds is 5. The Morgan fingerprint density at radius 1 is 0.964 bits per heavy atom. The van der Waals surface area contributed by atoms with Crippen LogP contribution in [0.3, 0.4) is 0 Å². The highest BCUT2D eigenvalue weighted by Crippen LogP contribution is 2.39. The van der Waals surface area contributed by atoms with E-state index in [-0.39, 0.29) is 11.0 Å². The number of aromatic nitrogens is 1. The van der Waals surface area contributed by atoms with Crippen molar-refractivity contribution in [2.24, 2.45) is 0 Å². The first-order valence-corrected chi connectivity index (χ1v) is 8.71. The van der Waals surface area contributed by atoms with E-state index in [1.807, 2.05) is 24.3 Å². The molecule has 0 fully saturated rings. The molecule has 0 atom stereocenters. The fraction of sp³-hybridized carbons (Fsp3) is 0.158. The highest BCUT2D eigenvalue weighted by atomic mass is 32.1. The number of H-pyrrole nitrogens is 1. The Balaban J connectivity index is 1.64. The number of fused-ring (bicyclic) bond motifs is 1. The molecular formula is C19H20N4O4S. The lowest BCUT2D eigenvalue weighted by Gasteiger charge is -2.16. The van der Waals surface area contributed by atoms with Crippen molar-refractivity contribution in [2.75, 3.05) is 26.6 Å². The summed E-state index contributed by atoms with van der Waals surface area (Å²) in [6.07, 6.45) is 0. The third-order valence-corrected chi connectivity index (χ3v) is 4.19. The molecule has 146 valence electrons. The number of hydrogen-bond acceptors (Lipinski definition) is 5. The summed E-state index contributed by atoms with van der Waals surface area (Å²) in [5.74, 6) is 1.09. The van der Waals surface area contributed by atoms with Gasteiger partial charge >= 0.3 is 0 Å². The normalized spacial score (nSPS) is 10.2. The molecule has 0 saturated carbocycles. The molecule has 3 rings (SSSR count). The van der Waals surface area contributed by atoms with E-state index in [1.165, 1.54) is 21.3 Å². The van der Waals surface area contributed by atoms with Crippen molar-refractivity contribution in [1.29, 1.82) is 0 Å². The van der Waals surface area contributed by atoms with Gasteiger partial charge in [0.05, 0.1) is 21.3 Å². The number of thiocarbonyl (C=S) groups is 1. The average Bonchev–Trinajstić information content (AvgIpc) is 3.15. The minimum atomic E-state index is -0.342. The van der Waals surface area contributed by atoms with Crippen LogP contribution in [0.4, 0.5) is 5.69 Å². The summed E-state index contributed by atoms with van der Waals surface area (Å²) in [7, 11) is 4.58. The average molecular weight is 400 g/mol. The van der Waals surface area contributed by atoms with Crippen LogP contribution in [0.1, 0.15) is 10.5 Å². The summed E-state index contributed by atoms with van der Waals surface area (Å²) in [6.45, 7) is 0. The molecule has 0 aliphatic rings. The first-order chi connectivity index (χ1) is 13.5. The maximum absolute atomic E-state index is 12.3. The number of nitrogens with one attached hydrogen (secondary N) is 4. The van der Waals surface area contributed by atoms with E-state index >= 15 is 0 Å². The van der Waals surface area contributed by atoms with Crippen LogP contribution >= 0.6 is 12.2 Å². The molecule has 28 heavy (non-hydrogen) atoms. The number of hydrogen-bond donors (Lipinski definition) is 4. The topological polar surface area (TPSA) is 96.6 Å². The third-order valence-electron chi connectivity index (χ3n) is 3.99. The fourth-order valence-corrected chi connectivity index (χ4v) is 2.86. The van der Waals surface area contributed by atoms with Crippen LogP contribution in [-0.2, 0) is 0 Å². The number of ether oxygens (including phenoxy) is 3. The van der Waals surface area contributed by atoms with Crippen molar-refractivity contribution in [1.82, 2.24) is 15.8 Å². The number of anilines is 1. The van der Waals surface area contributed by atoms with Gasteiger partial charge in [-0.1, -0.05) is 18.2 Å². The molecule has 0 saturated heterocycles. The van der Waals surface area contributed by atoms with Gasteiger partial charge in [0, 0.05) is 28.7 Å². The second kappa shape index (κ2) is 8.49. The molecule has 0 radical (unpaired) electrons. The Kier molecular flexibility index (Phi) is 5.85. The SMILES string of the molecule is COc1cc(NC(=S)NNC(=O)c2cc3ccccc3[nH]2)cc(OC)c1OC. The largest absolute Gasteiger partial charge is 0.493 e. The number of benzene rings is 2. The first-order valence-electron chi connectivity index (χ1n) is 8.30. The maximum Gasteiger partial charge on any atom is 0.286 e. The second-order valence-electron chi connectivity index (χ2n) is 5.72. The number of methoxy groups -OCH3 is 3. The van der Waals surface area contributed by atoms with E-state index in [2.05, 4.69) is 21.2 Å². The third kappa shape index (κ3) is 4.09. The van der Waals surface area contributed by atoms with E-state index in [0.29, 0.717) is 28.6 Å². The smallest absolute Gasteiger partial charge is 0.286 e. The highest BCUT2D eigenvalue weighted by molar-refractivity contribution is 7.80. The van der Waals surface area contributed by atoms with Gasteiger partial charge < -0.3 is 24.5 Å². The summed E-state index contributed by atoms with van der Waals surface area (Å²) < 4.78 is 15.9. The fourth-order valence-electron chi connectivity index (χ4n) is 2.69. The van der Waals surface area contributed by atoms with Gasteiger partial charge in [-0.3, -0.25) is 15.6 Å². The Bertz CT molecular complexity index is 960. The van der Waals surface area contributed by atoms with Gasteiger partial charge in [0.1, 0.15) is 5.69 Å². The van der Waals surface area contributed by atoms with E-state index < -0.39 is 0 Å². The lowest BCUT2D eigenvalue weighted by Crippen LogP contribution is -2.43. The summed E-state index contributed by atoms with van der Waals surface area (Å²) in [6, 6.07) is 12.8. The van der Waals surface area contributed by atoms with Gasteiger partial charge in [-0.25, -0.2) is 0 Å². The van der Waals surface area contributed by atoms with Crippen LogP contribution in [-0.4, -0.2) is 37.3 Å². The van der Waals surface area contributed by atoms with Crippen molar-refractivity contribution in [3.05, 3.63) is 48.2 Å². The summed E-state index contributed by atoms with van der Waals surface area (Å²) >= 11 is 5.23. The van der Waals surface area contributed by atoms with Crippen molar-refractivity contribution < 1.29 is 19.0 Å². The first kappa shape index (κ1) is 19.3. The van der Waals surface area contributed by atoms with Crippen LogP contribution in [0, 0.1) is 0 Å². The monoisotopic (exact) mass is 400 g/mol. The quantitative estimate of drug-likeness (QED) is 0.386. The van der Waals surface area contributed by atoms with Crippen molar-refractivity contribution in [3.63, 3.8) is 0 Å². The van der Waals surface area contributed by atoms with E-state index in [1.54, 1.807) is 18.2 Å². The van der Waals surface area contributed by atoms with Crippen molar-refractivity contribution in [3.8, 4) is 17.2 Å². The number of amides is 1. The predicted octanol–water partition coefficient (Wildman–Crippen LogP) is 2.83. The van der Waals surface area contributed by atoms with E-state index in [4.69, 9.17) is 26.4 Å². The van der Waals surface area contributed by atoms with Crippen LogP contribution in [0.15, 0.2) is 42.5 Å². The zero-order valence-electron chi connectivity index (χ0n) is 15.6. The van der Waals surface area contributed by atoms with Gasteiger partial charge in [-0.05, 0) is 24.4 Å². The Morgan fingerprint density at radius 2 is 1.64 bits per heavy atom. The molecular weight excluding hydrogens is 380 g/mol. The standard InChI is InChI=1S/C19H20N4O4S/c1-25-15-9-12(10-16(26-2)17(15)27-3)20-19(28)23-22-18(24)14-8-11-6-4-5-7-13(11)21-14/h4-10,21H,1-3H3,(H,22,24)(H2,20,23,28). The lowest BCUT2D eigenvalue weighted by molar-refractivity contribution is 0.0940. The molecule has 1 heterocycles. The van der Waals surface area contributed by atoms with Crippen LogP contribution in [0.5, 0.6) is 17.2 Å². The van der Waals surface area contributed by atoms with Gasteiger partial charge in [0.2, 0.25) is 5.75 Å². The molecule has 8 nitrogen and oxygen atoms in total. The molecule has 1 amide bonds. The van der Waals surface area contributed by atoms with Crippen LogP contribution in [0.2, 0.25) is 0 Å². The minimum absolute atomic E-state index is 0.193. The Hall–Kier alpha value is -3.46. The van der Waals surface area contributed by atoms with Gasteiger partial charge in [-0.2, -0.15) is 0 Å². The molecule has 9 heteroatoms. The molecule has 4 N–H and O–H groups in total. The number of aromatic amines is 1. The minimum Gasteiger partial charge on any atom is -0.493 e. The molecule has 1 aromatic heterocycles. The van der Waals surface area contributed by atoms with Crippen LogP contribution < -0.4 is 30.4 Å². The Labute approximate surface area is 167 Å². The van der Waals surface area contributed by atoms with E-state index in [9.17, 15) is 4.79 Å². The number of carbonyl (C=O) groups is 1. The molecule has 0 spiro atoms. The highest BCUT2D eigenvalue weighted by Gasteiger charge is 2.14. The molecule has 0 aliphatic heterocycles. The maximum atomic E-state index is 12.3. The number of carbonyl (C=O) groups excluding carboxylic acids is 1. The molecule has 0 unspecified atom stereocenters. The van der Waals surface area contributed by atoms with Gasteiger partial charge in [0.25, 0.3) is 5.91 Å². The van der Waals surface area contributed by atoms with Crippen LogP contribution in [0.25, 0.3) is 10.9 Å². The van der Waals surface area contributed by atoms with Gasteiger partial charge in [-0.15, -0.1) is 0 Å². The van der Waals surface area contributed by atoms with Crippen molar-refractivity contribution >= 4 is 39.8 Å². The van der Waals surface area contributed by atoms with Gasteiger partial charge in [0.15, 0.2) is 16.6 Å². The second-order valence-corrected chi connectivity index (χ2v) is 6.13. The number of para-hydroxylation sites is 1. The zero-order chi connectivity index (χ0) is 20.1.